The van der Waals surface area contributed by atoms with E-state index >= 15 is 0 Å². The van der Waals surface area contributed by atoms with Crippen LogP contribution >= 0.6 is 0 Å². The molecule has 1 aromatic heterocycles. The second-order valence-corrected chi connectivity index (χ2v) is 9.25. The lowest BCUT2D eigenvalue weighted by Crippen LogP contribution is -2.38. The highest BCUT2D eigenvalue weighted by Gasteiger charge is 2.21. The van der Waals surface area contributed by atoms with E-state index in [1.165, 1.54) is 18.7 Å². The molecule has 12 nitrogen and oxygen atoms in total. The number of aromatic hydroxyl groups is 1. The number of anilines is 3. The van der Waals surface area contributed by atoms with Crippen LogP contribution in [0.25, 0.3) is 0 Å². The molecule has 0 unspecified atom stereocenters. The molecule has 0 aliphatic carbocycles. The summed E-state index contributed by atoms with van der Waals surface area (Å²) in [6.07, 6.45) is 5.17. The number of nitro benzene ring substituents is 1. The average Bonchev–Trinajstić information content (AvgIpc) is 2.96. The van der Waals surface area contributed by atoms with Crippen LogP contribution in [0.2, 0.25) is 0 Å². The third-order valence-electron chi connectivity index (χ3n) is 6.54. The maximum atomic E-state index is 11.6. The largest absolute Gasteiger partial charge is 0.502 e. The van der Waals surface area contributed by atoms with E-state index in [9.17, 15) is 15.2 Å². The SMILES string of the molecule is O=[N+]([O-])c1cc(Cc2ccccc2)cc(/C=N/Nc2nc(N3CCCCC3)nc(N3CCOCC3)n2)c1O. The molecule has 5 rings (SSSR count). The molecule has 0 saturated carbocycles. The molecule has 0 spiro atoms. The van der Waals surface area contributed by atoms with Crippen LogP contribution < -0.4 is 15.2 Å². The van der Waals surface area contributed by atoms with Crippen LogP contribution in [0.1, 0.15) is 36.0 Å². The minimum atomic E-state index is -0.597. The van der Waals surface area contributed by atoms with Crippen LogP contribution in [0.4, 0.5) is 23.5 Å². The highest BCUT2D eigenvalue weighted by Crippen LogP contribution is 2.31. The highest BCUT2D eigenvalue weighted by atomic mass is 16.6. The highest BCUT2D eigenvalue weighted by molar-refractivity contribution is 5.86. The van der Waals surface area contributed by atoms with Crippen molar-refractivity contribution in [2.24, 2.45) is 5.10 Å². The quantitative estimate of drug-likeness (QED) is 0.259. The van der Waals surface area contributed by atoms with Crippen molar-refractivity contribution in [3.63, 3.8) is 0 Å². The molecule has 2 fully saturated rings. The molecule has 0 amide bonds. The summed E-state index contributed by atoms with van der Waals surface area (Å²) in [4.78, 5) is 29.0. The number of nitro groups is 1. The van der Waals surface area contributed by atoms with E-state index in [1.54, 1.807) is 6.07 Å². The van der Waals surface area contributed by atoms with E-state index in [-0.39, 0.29) is 17.2 Å². The number of hydrazone groups is 1. The van der Waals surface area contributed by atoms with Gasteiger partial charge >= 0.3 is 5.69 Å². The lowest BCUT2D eigenvalue weighted by atomic mass is 10.0. The van der Waals surface area contributed by atoms with E-state index in [0.29, 0.717) is 50.2 Å². The number of piperidine rings is 1. The van der Waals surface area contributed by atoms with Crippen molar-refractivity contribution < 1.29 is 14.8 Å². The molecular weight excluding hydrogens is 488 g/mol. The van der Waals surface area contributed by atoms with Crippen LogP contribution in [0, 0.1) is 10.1 Å². The number of hydrogen-bond acceptors (Lipinski definition) is 11. The smallest absolute Gasteiger partial charge is 0.311 e. The first-order chi connectivity index (χ1) is 18.6. The predicted octanol–water partition coefficient (Wildman–Crippen LogP) is 3.35. The monoisotopic (exact) mass is 518 g/mol. The van der Waals surface area contributed by atoms with Gasteiger partial charge in [0.1, 0.15) is 0 Å². The fourth-order valence-corrected chi connectivity index (χ4v) is 4.58. The molecule has 2 aromatic carbocycles. The lowest BCUT2D eigenvalue weighted by Gasteiger charge is -2.30. The Balaban J connectivity index is 1.41. The normalized spacial score (nSPS) is 16.1. The van der Waals surface area contributed by atoms with Crippen molar-refractivity contribution in [1.82, 2.24) is 15.0 Å². The molecule has 12 heteroatoms. The van der Waals surface area contributed by atoms with Crippen molar-refractivity contribution >= 4 is 29.7 Å². The Morgan fingerprint density at radius 1 is 0.974 bits per heavy atom. The standard InChI is InChI=1S/C26H30N8O4/c35-23-21(16-20(17-22(23)34(36)37)15-19-7-3-1-4-8-19)18-27-31-24-28-25(32-9-5-2-6-10-32)30-26(29-24)33-11-13-38-14-12-33/h1,3-4,7-8,16-18,35H,2,5-6,9-15H2,(H,28,29,30,31)/b27-18+. The summed E-state index contributed by atoms with van der Waals surface area (Å²) < 4.78 is 5.46. The second kappa shape index (κ2) is 11.8. The number of benzene rings is 2. The summed E-state index contributed by atoms with van der Waals surface area (Å²) in [7, 11) is 0. The number of nitrogens with one attached hydrogen (secondary N) is 1. The van der Waals surface area contributed by atoms with Gasteiger partial charge in [-0.2, -0.15) is 20.1 Å². The molecule has 0 radical (unpaired) electrons. The molecule has 0 bridgehead atoms. The summed E-state index contributed by atoms with van der Waals surface area (Å²) in [6.45, 7) is 4.31. The topological polar surface area (TPSA) is 142 Å². The number of rotatable bonds is 8. The number of phenols is 1. The van der Waals surface area contributed by atoms with E-state index in [0.717, 1.165) is 31.5 Å². The van der Waals surface area contributed by atoms with E-state index < -0.39 is 10.7 Å². The Kier molecular flexibility index (Phi) is 7.88. The first-order valence-electron chi connectivity index (χ1n) is 12.7. The van der Waals surface area contributed by atoms with Crippen molar-refractivity contribution in [2.45, 2.75) is 25.7 Å². The van der Waals surface area contributed by atoms with Crippen molar-refractivity contribution in [2.75, 3.05) is 54.6 Å². The van der Waals surface area contributed by atoms with Crippen LogP contribution in [0.15, 0.2) is 47.6 Å². The molecule has 198 valence electrons. The Morgan fingerprint density at radius 3 is 2.34 bits per heavy atom. The maximum absolute atomic E-state index is 11.6. The summed E-state index contributed by atoms with van der Waals surface area (Å²) in [6, 6.07) is 12.7. The number of aromatic nitrogens is 3. The Labute approximate surface area is 220 Å². The minimum Gasteiger partial charge on any atom is -0.502 e. The molecule has 0 atom stereocenters. The van der Waals surface area contributed by atoms with Gasteiger partial charge in [-0.1, -0.05) is 30.3 Å². The summed E-state index contributed by atoms with van der Waals surface area (Å²) in [5.74, 6) is 0.941. The van der Waals surface area contributed by atoms with Crippen molar-refractivity contribution in [3.05, 3.63) is 69.3 Å². The predicted molar refractivity (Wildman–Crippen MR) is 144 cm³/mol. The molecule has 2 aliphatic rings. The fraction of sp³-hybridized carbons (Fsp3) is 0.385. The molecular formula is C26H30N8O4. The number of ether oxygens (including phenoxy) is 1. The molecule has 2 aliphatic heterocycles. The Bertz CT molecular complexity index is 1260. The van der Waals surface area contributed by atoms with Gasteiger partial charge in [0.2, 0.25) is 23.6 Å². The zero-order valence-electron chi connectivity index (χ0n) is 21.0. The Hall–Kier alpha value is -4.32. The van der Waals surface area contributed by atoms with Crippen molar-refractivity contribution in [3.8, 4) is 5.75 Å². The van der Waals surface area contributed by atoms with Gasteiger partial charge in [-0.15, -0.1) is 0 Å². The van der Waals surface area contributed by atoms with Crippen LogP contribution in [-0.2, 0) is 11.2 Å². The van der Waals surface area contributed by atoms with E-state index in [1.807, 2.05) is 30.3 Å². The second-order valence-electron chi connectivity index (χ2n) is 9.25. The van der Waals surface area contributed by atoms with Gasteiger partial charge in [0.05, 0.1) is 24.4 Å². The first kappa shape index (κ1) is 25.3. The summed E-state index contributed by atoms with van der Waals surface area (Å²) in [5.41, 5.74) is 4.37. The van der Waals surface area contributed by atoms with Crippen molar-refractivity contribution in [1.29, 1.82) is 0 Å². The fourth-order valence-electron chi connectivity index (χ4n) is 4.58. The third kappa shape index (κ3) is 6.14. The molecule has 2 N–H and O–H groups in total. The van der Waals surface area contributed by atoms with Crippen LogP contribution in [-0.4, -0.2) is 70.6 Å². The molecule has 3 aromatic rings. The molecule has 3 heterocycles. The molecule has 38 heavy (non-hydrogen) atoms. The van der Waals surface area contributed by atoms with Gasteiger partial charge in [-0.05, 0) is 42.9 Å². The summed E-state index contributed by atoms with van der Waals surface area (Å²) >= 11 is 0. The zero-order valence-corrected chi connectivity index (χ0v) is 21.0. The van der Waals surface area contributed by atoms with E-state index in [4.69, 9.17) is 9.72 Å². The van der Waals surface area contributed by atoms with Crippen LogP contribution in [0.5, 0.6) is 5.75 Å². The van der Waals surface area contributed by atoms with Gasteiger partial charge in [0.25, 0.3) is 0 Å². The molecule has 2 saturated heterocycles. The first-order valence-corrected chi connectivity index (χ1v) is 12.7. The van der Waals surface area contributed by atoms with Gasteiger partial charge < -0.3 is 19.6 Å². The summed E-state index contributed by atoms with van der Waals surface area (Å²) in [5, 5.41) is 26.4. The third-order valence-corrected chi connectivity index (χ3v) is 6.54. The number of morpholine rings is 1. The number of hydrogen-bond donors (Lipinski definition) is 2. The van der Waals surface area contributed by atoms with Gasteiger partial charge in [0.15, 0.2) is 0 Å². The number of nitrogens with zero attached hydrogens (tertiary/aromatic N) is 7. The number of phenolic OH excluding ortho intramolecular Hbond substituents is 1. The van der Waals surface area contributed by atoms with Gasteiger partial charge in [0, 0.05) is 37.8 Å². The van der Waals surface area contributed by atoms with Crippen LogP contribution in [0.3, 0.4) is 0 Å². The maximum Gasteiger partial charge on any atom is 0.311 e. The average molecular weight is 519 g/mol. The Morgan fingerprint density at radius 2 is 1.66 bits per heavy atom. The van der Waals surface area contributed by atoms with Gasteiger partial charge in [-0.25, -0.2) is 5.43 Å². The van der Waals surface area contributed by atoms with E-state index in [2.05, 4.69) is 30.3 Å². The van der Waals surface area contributed by atoms with Gasteiger partial charge in [-0.3, -0.25) is 10.1 Å². The lowest BCUT2D eigenvalue weighted by molar-refractivity contribution is -0.385. The zero-order chi connectivity index (χ0) is 26.3. The minimum absolute atomic E-state index is 0.219.